The highest BCUT2D eigenvalue weighted by Crippen LogP contribution is 2.42. The van der Waals surface area contributed by atoms with Crippen molar-refractivity contribution in [2.45, 2.75) is 89.4 Å². The Morgan fingerprint density at radius 1 is 1.12 bits per heavy atom. The first-order valence-electron chi connectivity index (χ1n) is 7.42. The highest BCUT2D eigenvalue weighted by Gasteiger charge is 2.40. The van der Waals surface area contributed by atoms with Crippen LogP contribution in [0.15, 0.2) is 0 Å². The third kappa shape index (κ3) is 3.96. The molecular formula is C15H29NO. The Bertz CT molecular complexity index is 238. The lowest BCUT2D eigenvalue weighted by molar-refractivity contribution is -0.0655. The van der Waals surface area contributed by atoms with Crippen LogP contribution in [-0.2, 0) is 4.74 Å². The summed E-state index contributed by atoms with van der Waals surface area (Å²) in [4.78, 5) is 0. The summed E-state index contributed by atoms with van der Waals surface area (Å²) in [6.07, 6.45) is 11.1. The quantitative estimate of drug-likeness (QED) is 0.811. The Labute approximate surface area is 107 Å². The molecule has 1 aliphatic heterocycles. The van der Waals surface area contributed by atoms with E-state index in [2.05, 4.69) is 26.1 Å². The topological polar surface area (TPSA) is 21.3 Å². The van der Waals surface area contributed by atoms with Crippen molar-refractivity contribution in [1.29, 1.82) is 0 Å². The van der Waals surface area contributed by atoms with Crippen molar-refractivity contribution >= 4 is 0 Å². The Hall–Kier alpha value is -0.0800. The van der Waals surface area contributed by atoms with Gasteiger partial charge in [0, 0.05) is 5.54 Å². The second-order valence-electron chi connectivity index (χ2n) is 6.99. The molecule has 17 heavy (non-hydrogen) atoms. The number of rotatable bonds is 3. The maximum absolute atomic E-state index is 6.36. The molecule has 0 aromatic rings. The van der Waals surface area contributed by atoms with Crippen LogP contribution >= 0.6 is 0 Å². The number of hydrogen-bond donors (Lipinski definition) is 1. The highest BCUT2D eigenvalue weighted by molar-refractivity contribution is 4.91. The SMILES string of the molecule is CC(C)(C)NCCC1CCC2(CCCCC2)O1. The Morgan fingerprint density at radius 3 is 2.47 bits per heavy atom. The van der Waals surface area contributed by atoms with E-state index < -0.39 is 0 Å². The van der Waals surface area contributed by atoms with Crippen LogP contribution < -0.4 is 5.32 Å². The summed E-state index contributed by atoms with van der Waals surface area (Å²) in [5.74, 6) is 0. The average molecular weight is 239 g/mol. The van der Waals surface area contributed by atoms with Crippen molar-refractivity contribution < 1.29 is 4.74 Å². The standard InChI is InChI=1S/C15H29NO/c1-14(2,3)16-12-8-13-7-11-15(17-13)9-5-4-6-10-15/h13,16H,4-12H2,1-3H3. The van der Waals surface area contributed by atoms with E-state index in [1.807, 2.05) is 0 Å². The maximum Gasteiger partial charge on any atom is 0.0687 e. The van der Waals surface area contributed by atoms with Crippen molar-refractivity contribution in [3.05, 3.63) is 0 Å². The zero-order valence-corrected chi connectivity index (χ0v) is 11.8. The van der Waals surface area contributed by atoms with Gasteiger partial charge in [0.05, 0.1) is 11.7 Å². The summed E-state index contributed by atoms with van der Waals surface area (Å²) in [7, 11) is 0. The van der Waals surface area contributed by atoms with Gasteiger partial charge in [-0.15, -0.1) is 0 Å². The molecule has 1 N–H and O–H groups in total. The Balaban J connectivity index is 1.70. The second kappa shape index (κ2) is 5.27. The predicted octanol–water partition coefficient (Wildman–Crippen LogP) is 3.65. The fourth-order valence-electron chi connectivity index (χ4n) is 3.27. The molecule has 1 aliphatic carbocycles. The molecule has 0 radical (unpaired) electrons. The fraction of sp³-hybridized carbons (Fsp3) is 1.00. The largest absolute Gasteiger partial charge is 0.372 e. The van der Waals surface area contributed by atoms with Crippen molar-refractivity contribution in [3.8, 4) is 0 Å². The molecule has 0 aromatic heterocycles. The summed E-state index contributed by atoms with van der Waals surface area (Å²) < 4.78 is 6.36. The van der Waals surface area contributed by atoms with E-state index in [1.165, 1.54) is 51.4 Å². The van der Waals surface area contributed by atoms with E-state index in [0.717, 1.165) is 6.54 Å². The summed E-state index contributed by atoms with van der Waals surface area (Å²) >= 11 is 0. The molecule has 100 valence electrons. The van der Waals surface area contributed by atoms with Gasteiger partial charge < -0.3 is 10.1 Å². The molecule has 1 saturated heterocycles. The van der Waals surface area contributed by atoms with Crippen LogP contribution in [0, 0.1) is 0 Å². The minimum Gasteiger partial charge on any atom is -0.372 e. The molecular weight excluding hydrogens is 210 g/mol. The molecule has 1 saturated carbocycles. The van der Waals surface area contributed by atoms with Crippen molar-refractivity contribution in [2.24, 2.45) is 0 Å². The molecule has 0 amide bonds. The van der Waals surface area contributed by atoms with Gasteiger partial charge in [-0.2, -0.15) is 0 Å². The highest BCUT2D eigenvalue weighted by atomic mass is 16.5. The molecule has 1 unspecified atom stereocenters. The molecule has 2 nitrogen and oxygen atoms in total. The van der Waals surface area contributed by atoms with Gasteiger partial charge in [-0.25, -0.2) is 0 Å². The first kappa shape index (κ1) is 13.4. The molecule has 1 atom stereocenters. The van der Waals surface area contributed by atoms with Gasteiger partial charge in [0.15, 0.2) is 0 Å². The second-order valence-corrected chi connectivity index (χ2v) is 6.99. The van der Waals surface area contributed by atoms with Crippen molar-refractivity contribution in [3.63, 3.8) is 0 Å². The van der Waals surface area contributed by atoms with E-state index in [0.29, 0.717) is 11.7 Å². The van der Waals surface area contributed by atoms with Gasteiger partial charge in [0.25, 0.3) is 0 Å². The van der Waals surface area contributed by atoms with Gasteiger partial charge in [-0.3, -0.25) is 0 Å². The monoisotopic (exact) mass is 239 g/mol. The minimum absolute atomic E-state index is 0.237. The Morgan fingerprint density at radius 2 is 1.82 bits per heavy atom. The zero-order valence-electron chi connectivity index (χ0n) is 11.8. The molecule has 2 rings (SSSR count). The minimum atomic E-state index is 0.237. The van der Waals surface area contributed by atoms with E-state index >= 15 is 0 Å². The maximum atomic E-state index is 6.36. The Kier molecular flexibility index (Phi) is 4.14. The summed E-state index contributed by atoms with van der Waals surface area (Å²) in [6, 6.07) is 0. The molecule has 0 aromatic carbocycles. The lowest BCUT2D eigenvalue weighted by atomic mass is 9.83. The van der Waals surface area contributed by atoms with Crippen LogP contribution in [0.1, 0.15) is 72.1 Å². The fourth-order valence-corrected chi connectivity index (χ4v) is 3.27. The molecule has 2 heteroatoms. The number of hydrogen-bond acceptors (Lipinski definition) is 2. The average Bonchev–Trinajstić information content (AvgIpc) is 2.61. The van der Waals surface area contributed by atoms with E-state index in [4.69, 9.17) is 4.74 Å². The smallest absolute Gasteiger partial charge is 0.0687 e. The van der Waals surface area contributed by atoms with Gasteiger partial charge >= 0.3 is 0 Å². The molecule has 1 heterocycles. The van der Waals surface area contributed by atoms with Gasteiger partial charge in [0.2, 0.25) is 0 Å². The van der Waals surface area contributed by atoms with Crippen LogP contribution in [-0.4, -0.2) is 23.8 Å². The third-order valence-corrected chi connectivity index (χ3v) is 4.23. The molecule has 0 bridgehead atoms. The first-order valence-corrected chi connectivity index (χ1v) is 7.42. The molecule has 2 aliphatic rings. The van der Waals surface area contributed by atoms with Crippen molar-refractivity contribution in [1.82, 2.24) is 5.32 Å². The first-order chi connectivity index (χ1) is 7.99. The van der Waals surface area contributed by atoms with Crippen LogP contribution in [0.25, 0.3) is 0 Å². The lowest BCUT2D eigenvalue weighted by Gasteiger charge is -2.33. The normalized spacial score (nSPS) is 28.8. The summed E-state index contributed by atoms with van der Waals surface area (Å²) in [5.41, 5.74) is 0.534. The summed E-state index contributed by atoms with van der Waals surface area (Å²) in [6.45, 7) is 7.77. The van der Waals surface area contributed by atoms with Gasteiger partial charge in [-0.1, -0.05) is 19.3 Å². The van der Waals surface area contributed by atoms with Gasteiger partial charge in [0.1, 0.15) is 0 Å². The van der Waals surface area contributed by atoms with E-state index in [9.17, 15) is 0 Å². The third-order valence-electron chi connectivity index (χ3n) is 4.23. The van der Waals surface area contributed by atoms with E-state index in [-0.39, 0.29) is 5.54 Å². The predicted molar refractivity (Wildman–Crippen MR) is 72.3 cm³/mol. The van der Waals surface area contributed by atoms with Crippen LogP contribution in [0.2, 0.25) is 0 Å². The number of nitrogens with one attached hydrogen (secondary N) is 1. The van der Waals surface area contributed by atoms with Crippen LogP contribution in [0.3, 0.4) is 0 Å². The van der Waals surface area contributed by atoms with Crippen molar-refractivity contribution in [2.75, 3.05) is 6.54 Å². The van der Waals surface area contributed by atoms with Crippen LogP contribution in [0.5, 0.6) is 0 Å². The zero-order chi connectivity index (χ0) is 12.4. The van der Waals surface area contributed by atoms with Gasteiger partial charge in [-0.05, 0) is 59.4 Å². The molecule has 2 fully saturated rings. The lowest BCUT2D eigenvalue weighted by Crippen LogP contribution is -2.38. The van der Waals surface area contributed by atoms with Crippen LogP contribution in [0.4, 0.5) is 0 Å². The van der Waals surface area contributed by atoms with E-state index in [1.54, 1.807) is 0 Å². The summed E-state index contributed by atoms with van der Waals surface area (Å²) in [5, 5.41) is 3.56. The number of ether oxygens (including phenoxy) is 1. The molecule has 1 spiro atoms.